The van der Waals surface area contributed by atoms with Crippen molar-refractivity contribution < 1.29 is 0 Å². The van der Waals surface area contributed by atoms with E-state index in [-0.39, 0.29) is 5.41 Å². The highest BCUT2D eigenvalue weighted by atomic mass is 15.2. The maximum atomic E-state index is 2.38. The molecule has 0 aliphatic heterocycles. The zero-order valence-electron chi connectivity index (χ0n) is 34.6. The average molecular weight is 803 g/mol. The topological polar surface area (TPSA) is 6.48 Å². The van der Waals surface area contributed by atoms with Crippen LogP contribution in [0.4, 0.5) is 34.1 Å². The van der Waals surface area contributed by atoms with Crippen molar-refractivity contribution in [3.8, 4) is 44.5 Å². The second-order valence-corrected chi connectivity index (χ2v) is 16.4. The van der Waals surface area contributed by atoms with E-state index in [0.29, 0.717) is 0 Å². The highest BCUT2D eigenvalue weighted by Gasteiger charge is 2.52. The van der Waals surface area contributed by atoms with Crippen molar-refractivity contribution in [1.29, 1.82) is 0 Å². The number of para-hydroxylation sites is 3. The summed E-state index contributed by atoms with van der Waals surface area (Å²) in [5.74, 6) is 0. The minimum Gasteiger partial charge on any atom is -0.310 e. The molecule has 0 atom stereocenters. The van der Waals surface area contributed by atoms with E-state index in [1.807, 2.05) is 0 Å². The summed E-state index contributed by atoms with van der Waals surface area (Å²) >= 11 is 0. The third kappa shape index (κ3) is 5.80. The number of rotatable bonds is 8. The quantitative estimate of drug-likeness (QED) is 0.151. The van der Waals surface area contributed by atoms with Crippen molar-refractivity contribution >= 4 is 34.1 Å². The van der Waals surface area contributed by atoms with Gasteiger partial charge in [-0.15, -0.1) is 0 Å². The van der Waals surface area contributed by atoms with Crippen LogP contribution in [0.1, 0.15) is 22.3 Å². The number of nitrogens with zero attached hydrogens (tertiary/aromatic N) is 2. The molecule has 0 saturated heterocycles. The van der Waals surface area contributed by atoms with Crippen LogP contribution >= 0.6 is 0 Å². The largest absolute Gasteiger partial charge is 0.310 e. The average Bonchev–Trinajstić information content (AvgIpc) is 3.83. The zero-order valence-corrected chi connectivity index (χ0v) is 34.6. The summed E-state index contributed by atoms with van der Waals surface area (Å²) in [6.07, 6.45) is 0. The lowest BCUT2D eigenvalue weighted by molar-refractivity contribution is 0.794. The fourth-order valence-electron chi connectivity index (χ4n) is 10.5. The molecule has 0 bridgehead atoms. The summed E-state index contributed by atoms with van der Waals surface area (Å²) < 4.78 is 0. The van der Waals surface area contributed by atoms with Crippen LogP contribution in [0.25, 0.3) is 44.5 Å². The molecule has 10 aromatic rings. The highest BCUT2D eigenvalue weighted by molar-refractivity contribution is 6.02. The van der Waals surface area contributed by atoms with E-state index >= 15 is 0 Å². The lowest BCUT2D eigenvalue weighted by Gasteiger charge is -2.30. The van der Waals surface area contributed by atoms with Crippen molar-refractivity contribution in [2.24, 2.45) is 0 Å². The molecule has 0 amide bonds. The molecule has 0 fully saturated rings. The summed E-state index contributed by atoms with van der Waals surface area (Å²) in [5, 5.41) is 0. The molecule has 2 heteroatoms. The number of fused-ring (bicyclic) bond motifs is 10. The van der Waals surface area contributed by atoms with E-state index in [4.69, 9.17) is 0 Å². The van der Waals surface area contributed by atoms with Crippen LogP contribution in [0.5, 0.6) is 0 Å². The third-order valence-corrected chi connectivity index (χ3v) is 13.1. The number of anilines is 6. The monoisotopic (exact) mass is 802 g/mol. The van der Waals surface area contributed by atoms with Gasteiger partial charge in [0, 0.05) is 34.1 Å². The Balaban J connectivity index is 0.972. The van der Waals surface area contributed by atoms with Gasteiger partial charge in [-0.05, 0) is 133 Å². The molecule has 0 radical (unpaired) electrons. The SMILES string of the molecule is c1ccc(N(c2ccccc2)c2cccc(N(c3ccccc3)c3ccc(-c4ccccc4-c4cccc5c4-c4ccccc4C54c5ccccc5-c5ccccc54)cc3)c2)cc1. The van der Waals surface area contributed by atoms with Crippen molar-refractivity contribution in [3.05, 3.63) is 277 Å². The Morgan fingerprint density at radius 2 is 0.571 bits per heavy atom. The van der Waals surface area contributed by atoms with Gasteiger partial charge in [0.2, 0.25) is 0 Å². The molecule has 0 N–H and O–H groups in total. The maximum Gasteiger partial charge on any atom is 0.0725 e. The lowest BCUT2D eigenvalue weighted by Crippen LogP contribution is -2.25. The second kappa shape index (κ2) is 15.1. The molecule has 0 unspecified atom stereocenters. The lowest BCUT2D eigenvalue weighted by atomic mass is 9.70. The molecule has 10 aromatic carbocycles. The fraction of sp³-hybridized carbons (Fsp3) is 0.0164. The van der Waals surface area contributed by atoms with Crippen LogP contribution in [-0.2, 0) is 5.41 Å². The first-order valence-corrected chi connectivity index (χ1v) is 21.8. The van der Waals surface area contributed by atoms with Crippen LogP contribution in [0.3, 0.4) is 0 Å². The Labute approximate surface area is 369 Å². The molecular weight excluding hydrogens is 761 g/mol. The summed E-state index contributed by atoms with van der Waals surface area (Å²) in [6.45, 7) is 0. The Kier molecular flexibility index (Phi) is 8.76. The second-order valence-electron chi connectivity index (χ2n) is 16.4. The van der Waals surface area contributed by atoms with Crippen molar-refractivity contribution in [3.63, 3.8) is 0 Å². The normalized spacial score (nSPS) is 12.6. The van der Waals surface area contributed by atoms with Crippen LogP contribution in [0, 0.1) is 0 Å². The van der Waals surface area contributed by atoms with Gasteiger partial charge in [0.25, 0.3) is 0 Å². The van der Waals surface area contributed by atoms with Gasteiger partial charge in [-0.1, -0.05) is 188 Å². The molecule has 2 nitrogen and oxygen atoms in total. The zero-order chi connectivity index (χ0) is 41.7. The van der Waals surface area contributed by atoms with Crippen LogP contribution in [0.15, 0.2) is 255 Å². The fourth-order valence-corrected chi connectivity index (χ4v) is 10.5. The van der Waals surface area contributed by atoms with Crippen molar-refractivity contribution in [2.75, 3.05) is 9.80 Å². The molecule has 0 aromatic heterocycles. The maximum absolute atomic E-state index is 2.38. The first kappa shape index (κ1) is 36.6. The predicted octanol–water partition coefficient (Wildman–Crippen LogP) is 16.3. The van der Waals surface area contributed by atoms with E-state index < -0.39 is 0 Å². The minimum atomic E-state index is -0.386. The Morgan fingerprint density at radius 3 is 1.10 bits per heavy atom. The molecule has 1 spiro atoms. The van der Waals surface area contributed by atoms with Crippen molar-refractivity contribution in [1.82, 2.24) is 0 Å². The summed E-state index contributed by atoms with van der Waals surface area (Å²) in [6, 6.07) is 92.9. The molecule has 296 valence electrons. The minimum absolute atomic E-state index is 0.386. The molecule has 63 heavy (non-hydrogen) atoms. The summed E-state index contributed by atoms with van der Waals surface area (Å²) in [5.41, 5.74) is 21.7. The van der Waals surface area contributed by atoms with Gasteiger partial charge < -0.3 is 9.80 Å². The van der Waals surface area contributed by atoms with Crippen LogP contribution < -0.4 is 9.80 Å². The van der Waals surface area contributed by atoms with Crippen molar-refractivity contribution in [2.45, 2.75) is 5.41 Å². The van der Waals surface area contributed by atoms with Crippen LogP contribution in [0.2, 0.25) is 0 Å². The van der Waals surface area contributed by atoms with Gasteiger partial charge in [0.1, 0.15) is 0 Å². The van der Waals surface area contributed by atoms with Crippen LogP contribution in [-0.4, -0.2) is 0 Å². The number of hydrogen-bond donors (Lipinski definition) is 0. The molecular formula is C61H42N2. The van der Waals surface area contributed by atoms with E-state index in [0.717, 1.165) is 34.1 Å². The summed E-state index contributed by atoms with van der Waals surface area (Å²) in [4.78, 5) is 4.67. The number of benzene rings is 10. The molecule has 0 heterocycles. The van der Waals surface area contributed by atoms with E-state index in [1.54, 1.807) is 0 Å². The predicted molar refractivity (Wildman–Crippen MR) is 263 cm³/mol. The van der Waals surface area contributed by atoms with Gasteiger partial charge in [0.15, 0.2) is 0 Å². The number of hydrogen-bond acceptors (Lipinski definition) is 2. The first-order chi connectivity index (χ1) is 31.3. The first-order valence-electron chi connectivity index (χ1n) is 21.8. The van der Waals surface area contributed by atoms with E-state index in [9.17, 15) is 0 Å². The molecule has 2 aliphatic rings. The highest BCUT2D eigenvalue weighted by Crippen LogP contribution is 2.64. The molecule has 2 aliphatic carbocycles. The Hall–Kier alpha value is -8.20. The van der Waals surface area contributed by atoms with Gasteiger partial charge in [-0.2, -0.15) is 0 Å². The Bertz CT molecular complexity index is 3200. The summed E-state index contributed by atoms with van der Waals surface area (Å²) in [7, 11) is 0. The van der Waals surface area contributed by atoms with E-state index in [2.05, 4.69) is 265 Å². The Morgan fingerprint density at radius 1 is 0.222 bits per heavy atom. The van der Waals surface area contributed by atoms with Gasteiger partial charge in [-0.25, -0.2) is 0 Å². The molecule has 12 rings (SSSR count). The smallest absolute Gasteiger partial charge is 0.0725 e. The standard InChI is InChI=1S/C61H42N2/c1-4-20-44(21-5-1)62(45-22-6-2-7-23-45)48-26-18-27-49(42-48)63(46-24-8-3-9-25-46)47-40-38-43(39-41-47)50-28-10-11-29-51(50)54-33-19-37-59-60(54)55-32-14-17-36-58(55)61(59)56-34-15-12-30-52(56)53-31-13-16-35-57(53)61/h1-42H. The molecule has 0 saturated carbocycles. The third-order valence-electron chi connectivity index (χ3n) is 13.1. The van der Waals surface area contributed by atoms with Gasteiger partial charge >= 0.3 is 0 Å². The van der Waals surface area contributed by atoms with Gasteiger partial charge in [0.05, 0.1) is 5.41 Å². The van der Waals surface area contributed by atoms with Gasteiger partial charge in [-0.3, -0.25) is 0 Å². The van der Waals surface area contributed by atoms with E-state index in [1.165, 1.54) is 66.8 Å².